The first-order valence-electron chi connectivity index (χ1n) is 6.59. The van der Waals surface area contributed by atoms with Crippen molar-refractivity contribution in [1.82, 2.24) is 10.3 Å². The first kappa shape index (κ1) is 17.1. The van der Waals surface area contributed by atoms with Crippen molar-refractivity contribution in [1.29, 1.82) is 5.26 Å². The lowest BCUT2D eigenvalue weighted by molar-refractivity contribution is 0.0924. The van der Waals surface area contributed by atoms with Crippen LogP contribution in [0.25, 0.3) is 0 Å². The highest BCUT2D eigenvalue weighted by molar-refractivity contribution is 7.91. The summed E-state index contributed by atoms with van der Waals surface area (Å²) in [4.78, 5) is 14.5. The average molecular weight is 352 g/mol. The fraction of sp³-hybridized carbons (Fsp3) is 0.200. The number of aromatic amines is 1. The Kier molecular flexibility index (Phi) is 4.50. The second-order valence-electron chi connectivity index (χ2n) is 5.37. The molecule has 0 unspecified atom stereocenters. The van der Waals surface area contributed by atoms with Crippen molar-refractivity contribution >= 4 is 27.3 Å². The van der Waals surface area contributed by atoms with Gasteiger partial charge in [-0.1, -0.05) is 23.7 Å². The van der Waals surface area contributed by atoms with E-state index < -0.39 is 21.3 Å². The summed E-state index contributed by atoms with van der Waals surface area (Å²) in [6.45, 7) is 3.07. The third-order valence-corrected chi connectivity index (χ3v) is 5.28. The molecule has 0 fully saturated rings. The highest BCUT2D eigenvalue weighted by Gasteiger charge is 2.25. The van der Waals surface area contributed by atoms with E-state index in [4.69, 9.17) is 16.9 Å². The van der Waals surface area contributed by atoms with Crippen molar-refractivity contribution in [3.8, 4) is 6.07 Å². The molecular formula is C15H14ClN3O3S. The number of halogens is 1. The Morgan fingerprint density at radius 2 is 2.00 bits per heavy atom. The number of benzene rings is 1. The Labute approximate surface area is 139 Å². The zero-order chi connectivity index (χ0) is 17.3. The van der Waals surface area contributed by atoms with Crippen LogP contribution in [0.15, 0.2) is 46.3 Å². The van der Waals surface area contributed by atoms with Gasteiger partial charge in [-0.3, -0.25) is 4.79 Å². The van der Waals surface area contributed by atoms with Crippen LogP contribution in [0.5, 0.6) is 0 Å². The minimum Gasteiger partial charge on any atom is -0.356 e. The van der Waals surface area contributed by atoms with E-state index in [1.165, 1.54) is 38.2 Å². The molecule has 0 radical (unpaired) electrons. The molecule has 1 heterocycles. The Morgan fingerprint density at radius 1 is 1.35 bits per heavy atom. The number of hydrogen-bond donors (Lipinski definition) is 2. The Morgan fingerprint density at radius 3 is 2.61 bits per heavy atom. The van der Waals surface area contributed by atoms with E-state index in [0.29, 0.717) is 0 Å². The molecule has 6 nitrogen and oxygen atoms in total. The second-order valence-corrected chi connectivity index (χ2v) is 7.70. The number of nitriles is 1. The number of carbonyl (C=O) groups excluding carboxylic acids is 1. The minimum atomic E-state index is -3.84. The van der Waals surface area contributed by atoms with Gasteiger partial charge in [0.1, 0.15) is 11.2 Å². The van der Waals surface area contributed by atoms with E-state index in [0.717, 1.165) is 0 Å². The normalized spacial score (nSPS) is 11.7. The van der Waals surface area contributed by atoms with Crippen LogP contribution in [0, 0.1) is 11.3 Å². The number of hydrogen-bond acceptors (Lipinski definition) is 4. The molecule has 0 atom stereocenters. The van der Waals surface area contributed by atoms with E-state index >= 15 is 0 Å². The van der Waals surface area contributed by atoms with Gasteiger partial charge in [0.2, 0.25) is 9.84 Å². The summed E-state index contributed by atoms with van der Waals surface area (Å²) in [5.74, 6) is -0.572. The third-order valence-electron chi connectivity index (χ3n) is 3.04. The molecule has 0 bridgehead atoms. The van der Waals surface area contributed by atoms with Gasteiger partial charge in [0.25, 0.3) is 5.91 Å². The zero-order valence-electron chi connectivity index (χ0n) is 12.4. The van der Waals surface area contributed by atoms with Crippen LogP contribution in [-0.2, 0) is 9.84 Å². The van der Waals surface area contributed by atoms with Crippen molar-refractivity contribution in [2.24, 2.45) is 0 Å². The second kappa shape index (κ2) is 6.07. The number of nitrogens with one attached hydrogen (secondary N) is 2. The summed E-state index contributed by atoms with van der Waals surface area (Å²) in [7, 11) is -3.84. The van der Waals surface area contributed by atoms with Crippen LogP contribution in [-0.4, -0.2) is 24.8 Å². The summed E-state index contributed by atoms with van der Waals surface area (Å²) < 4.78 is 25.1. The molecule has 2 rings (SSSR count). The van der Waals surface area contributed by atoms with Crippen molar-refractivity contribution in [3.05, 3.63) is 47.2 Å². The number of H-pyrrole nitrogens is 1. The van der Waals surface area contributed by atoms with E-state index in [1.807, 2.05) is 6.07 Å². The van der Waals surface area contributed by atoms with Crippen LogP contribution in [0.3, 0.4) is 0 Å². The fourth-order valence-electron chi connectivity index (χ4n) is 1.83. The molecule has 0 aliphatic rings. The van der Waals surface area contributed by atoms with Crippen LogP contribution in [0.4, 0.5) is 0 Å². The largest absolute Gasteiger partial charge is 0.356 e. The maximum absolute atomic E-state index is 12.5. The van der Waals surface area contributed by atoms with Crippen LogP contribution in [0.2, 0.25) is 5.02 Å². The lowest BCUT2D eigenvalue weighted by Crippen LogP contribution is -2.42. The highest BCUT2D eigenvalue weighted by atomic mass is 35.5. The maximum atomic E-state index is 12.5. The van der Waals surface area contributed by atoms with Gasteiger partial charge in [-0.25, -0.2) is 8.42 Å². The first-order valence-corrected chi connectivity index (χ1v) is 8.45. The standard InChI is InChI=1S/C15H14ClN3O3S/c1-15(2,9-17)19-14(20)12-7-10(8-18-12)23(21,22)13-6-4-3-5-11(13)16/h3-8,18H,1-2H3,(H,19,20). The van der Waals surface area contributed by atoms with Crippen LogP contribution >= 0.6 is 11.6 Å². The van der Waals surface area contributed by atoms with E-state index in [2.05, 4.69) is 10.3 Å². The molecule has 0 saturated carbocycles. The smallest absolute Gasteiger partial charge is 0.268 e. The number of amides is 1. The van der Waals surface area contributed by atoms with Gasteiger partial charge in [0.15, 0.2) is 0 Å². The van der Waals surface area contributed by atoms with E-state index in [1.54, 1.807) is 12.1 Å². The van der Waals surface area contributed by atoms with Crippen molar-refractivity contribution in [2.75, 3.05) is 0 Å². The van der Waals surface area contributed by atoms with Crippen molar-refractivity contribution in [2.45, 2.75) is 29.2 Å². The molecular weight excluding hydrogens is 338 g/mol. The van der Waals surface area contributed by atoms with Gasteiger partial charge in [0, 0.05) is 6.20 Å². The molecule has 120 valence electrons. The average Bonchev–Trinajstić information content (AvgIpc) is 2.98. The predicted molar refractivity (Wildman–Crippen MR) is 84.9 cm³/mol. The molecule has 1 aromatic heterocycles. The number of sulfone groups is 1. The molecule has 0 aliphatic carbocycles. The first-order chi connectivity index (χ1) is 10.7. The Hall–Kier alpha value is -2.30. The Bertz CT molecular complexity index is 895. The highest BCUT2D eigenvalue weighted by Crippen LogP contribution is 2.27. The molecule has 0 saturated heterocycles. The van der Waals surface area contributed by atoms with Crippen molar-refractivity contribution in [3.63, 3.8) is 0 Å². The van der Waals surface area contributed by atoms with E-state index in [9.17, 15) is 13.2 Å². The topological polar surface area (TPSA) is 103 Å². The third kappa shape index (κ3) is 3.55. The fourth-order valence-corrected chi connectivity index (χ4v) is 3.59. The molecule has 0 spiro atoms. The SMILES string of the molecule is CC(C)(C#N)NC(=O)c1cc(S(=O)(=O)c2ccccc2Cl)c[nH]1. The van der Waals surface area contributed by atoms with Gasteiger partial charge in [0.05, 0.1) is 20.9 Å². The lowest BCUT2D eigenvalue weighted by Gasteiger charge is -2.16. The summed E-state index contributed by atoms with van der Waals surface area (Å²) in [6.07, 6.45) is 1.22. The van der Waals surface area contributed by atoms with Gasteiger partial charge in [-0.15, -0.1) is 0 Å². The molecule has 2 N–H and O–H groups in total. The molecule has 1 aromatic carbocycles. The Balaban J connectivity index is 2.35. The van der Waals surface area contributed by atoms with E-state index in [-0.39, 0.29) is 20.5 Å². The van der Waals surface area contributed by atoms with Crippen LogP contribution in [0.1, 0.15) is 24.3 Å². The van der Waals surface area contributed by atoms with Crippen LogP contribution < -0.4 is 5.32 Å². The summed E-state index contributed by atoms with van der Waals surface area (Å²) in [5.41, 5.74) is -1.02. The van der Waals surface area contributed by atoms with Gasteiger partial charge in [-0.2, -0.15) is 5.26 Å². The number of nitrogens with zero attached hydrogens (tertiary/aromatic N) is 1. The molecule has 2 aromatic rings. The number of rotatable bonds is 4. The summed E-state index contributed by atoms with van der Waals surface area (Å²) in [6, 6.07) is 9.20. The molecule has 23 heavy (non-hydrogen) atoms. The molecule has 1 amide bonds. The minimum absolute atomic E-state index is 0.0371. The van der Waals surface area contributed by atoms with Crippen molar-refractivity contribution < 1.29 is 13.2 Å². The summed E-state index contributed by atoms with van der Waals surface area (Å²) >= 11 is 5.93. The predicted octanol–water partition coefficient (Wildman–Crippen LogP) is 2.53. The quantitative estimate of drug-likeness (QED) is 0.883. The number of carbonyl (C=O) groups is 1. The van der Waals surface area contributed by atoms with Gasteiger partial charge in [-0.05, 0) is 32.0 Å². The zero-order valence-corrected chi connectivity index (χ0v) is 14.0. The molecule has 8 heteroatoms. The lowest BCUT2D eigenvalue weighted by atomic mass is 10.1. The summed E-state index contributed by atoms with van der Waals surface area (Å²) in [5, 5.41) is 11.5. The van der Waals surface area contributed by atoms with Gasteiger partial charge >= 0.3 is 0 Å². The van der Waals surface area contributed by atoms with Gasteiger partial charge < -0.3 is 10.3 Å². The maximum Gasteiger partial charge on any atom is 0.268 e. The molecule has 0 aliphatic heterocycles. The number of aromatic nitrogens is 1. The monoisotopic (exact) mass is 351 g/mol.